The van der Waals surface area contributed by atoms with Gasteiger partial charge in [0.05, 0.1) is 12.1 Å². The normalized spacial score (nSPS) is 13.4. The molecule has 136 valence electrons. The summed E-state index contributed by atoms with van der Waals surface area (Å²) in [5, 5.41) is 0.986. The van der Waals surface area contributed by atoms with Crippen LogP contribution in [0.15, 0.2) is 30.3 Å². The molecular formula is C22H22N4O. The smallest absolute Gasteiger partial charge is 0.267 e. The van der Waals surface area contributed by atoms with Crippen LogP contribution < -0.4 is 10.6 Å². The molecule has 0 spiro atoms. The molecule has 1 aliphatic heterocycles. The first-order chi connectivity index (χ1) is 13.0. The first-order valence-corrected chi connectivity index (χ1v) is 9.06. The third-order valence-electron chi connectivity index (χ3n) is 5.53. The van der Waals surface area contributed by atoms with Gasteiger partial charge in [-0.2, -0.15) is 0 Å². The van der Waals surface area contributed by atoms with Crippen LogP contribution in [0.1, 0.15) is 32.9 Å². The minimum absolute atomic E-state index is 0.289. The van der Waals surface area contributed by atoms with Crippen LogP contribution in [0.5, 0.6) is 0 Å². The Kier molecular flexibility index (Phi) is 4.12. The summed E-state index contributed by atoms with van der Waals surface area (Å²) in [5.41, 5.74) is 11.7. The maximum absolute atomic E-state index is 11.9. The maximum Gasteiger partial charge on any atom is 0.267 e. The Balaban J connectivity index is 1.95. The second-order valence-electron chi connectivity index (χ2n) is 7.03. The van der Waals surface area contributed by atoms with Crippen LogP contribution in [-0.4, -0.2) is 22.0 Å². The highest BCUT2D eigenvalue weighted by Gasteiger charge is 2.24. The van der Waals surface area contributed by atoms with Crippen LogP contribution in [0, 0.1) is 26.2 Å². The molecule has 0 saturated carbocycles. The summed E-state index contributed by atoms with van der Waals surface area (Å²) in [6, 6.07) is 10.2. The number of aromatic nitrogens is 2. The summed E-state index contributed by atoms with van der Waals surface area (Å²) < 4.78 is 2.11. The molecule has 0 fully saturated rings. The molecule has 0 aliphatic carbocycles. The number of pyridine rings is 1. The van der Waals surface area contributed by atoms with Crippen LogP contribution in [0.2, 0.25) is 0 Å². The second kappa shape index (κ2) is 6.48. The average Bonchev–Trinajstić information content (AvgIpc) is 2.92. The van der Waals surface area contributed by atoms with Crippen molar-refractivity contribution in [2.45, 2.75) is 33.4 Å². The van der Waals surface area contributed by atoms with E-state index in [0.717, 1.165) is 47.5 Å². The molecule has 0 bridgehead atoms. The molecule has 0 unspecified atom stereocenters. The number of benzene rings is 1. The summed E-state index contributed by atoms with van der Waals surface area (Å²) in [4.78, 5) is 18.8. The van der Waals surface area contributed by atoms with Crippen molar-refractivity contribution in [1.82, 2.24) is 9.55 Å². The molecule has 1 aromatic carbocycles. The van der Waals surface area contributed by atoms with Crippen LogP contribution >= 0.6 is 0 Å². The third-order valence-corrected chi connectivity index (χ3v) is 5.53. The monoisotopic (exact) mass is 358 g/mol. The zero-order chi connectivity index (χ0) is 19.1. The molecule has 0 atom stereocenters. The largest absolute Gasteiger partial charge is 0.364 e. The molecular weight excluding hydrogens is 336 g/mol. The van der Waals surface area contributed by atoms with Gasteiger partial charge < -0.3 is 15.2 Å². The van der Waals surface area contributed by atoms with Crippen molar-refractivity contribution in [3.05, 3.63) is 58.4 Å². The van der Waals surface area contributed by atoms with E-state index in [1.807, 2.05) is 13.8 Å². The second-order valence-corrected chi connectivity index (χ2v) is 7.03. The van der Waals surface area contributed by atoms with E-state index < -0.39 is 5.91 Å². The average molecular weight is 358 g/mol. The molecule has 0 radical (unpaired) electrons. The number of carbonyl (C=O) groups is 1. The first kappa shape index (κ1) is 17.2. The van der Waals surface area contributed by atoms with Crippen molar-refractivity contribution in [1.29, 1.82) is 0 Å². The zero-order valence-electron chi connectivity index (χ0n) is 15.6. The molecule has 27 heavy (non-hydrogen) atoms. The van der Waals surface area contributed by atoms with Gasteiger partial charge in [-0.3, -0.25) is 4.79 Å². The number of aryl methyl sites for hydroxylation is 1. The lowest BCUT2D eigenvalue weighted by Gasteiger charge is -2.30. The fraction of sp³-hybridized carbons (Fsp3) is 0.273. The van der Waals surface area contributed by atoms with E-state index in [1.165, 1.54) is 11.1 Å². The Morgan fingerprint density at radius 1 is 1.30 bits per heavy atom. The minimum Gasteiger partial charge on any atom is -0.364 e. The van der Waals surface area contributed by atoms with Crippen LogP contribution in [0.4, 0.5) is 5.82 Å². The van der Waals surface area contributed by atoms with Gasteiger partial charge >= 0.3 is 0 Å². The number of anilines is 1. The van der Waals surface area contributed by atoms with Gasteiger partial charge in [0.2, 0.25) is 0 Å². The molecule has 2 aromatic heterocycles. The molecule has 1 aliphatic rings. The Morgan fingerprint density at radius 2 is 2.04 bits per heavy atom. The first-order valence-electron chi connectivity index (χ1n) is 9.06. The SMILES string of the molecule is C#CCn1c(C)c(C)c2cc(C(N)=O)nc(N3CCc4ccccc4C3)c21. The number of primary amides is 1. The molecule has 4 rings (SSSR count). The summed E-state index contributed by atoms with van der Waals surface area (Å²) >= 11 is 0. The van der Waals surface area contributed by atoms with Crippen molar-refractivity contribution in [2.24, 2.45) is 5.73 Å². The summed E-state index contributed by atoms with van der Waals surface area (Å²) in [7, 11) is 0. The van der Waals surface area contributed by atoms with E-state index >= 15 is 0 Å². The van der Waals surface area contributed by atoms with E-state index in [0.29, 0.717) is 6.54 Å². The van der Waals surface area contributed by atoms with Crippen LogP contribution in [-0.2, 0) is 19.5 Å². The quantitative estimate of drug-likeness (QED) is 0.732. The van der Waals surface area contributed by atoms with Gasteiger partial charge in [0.15, 0.2) is 5.82 Å². The van der Waals surface area contributed by atoms with Crippen molar-refractivity contribution < 1.29 is 4.79 Å². The minimum atomic E-state index is -0.516. The highest BCUT2D eigenvalue weighted by atomic mass is 16.1. The van der Waals surface area contributed by atoms with Crippen molar-refractivity contribution in [2.75, 3.05) is 11.4 Å². The molecule has 2 N–H and O–H groups in total. The van der Waals surface area contributed by atoms with E-state index in [-0.39, 0.29) is 5.69 Å². The number of nitrogens with two attached hydrogens (primary N) is 1. The van der Waals surface area contributed by atoms with Crippen LogP contribution in [0.3, 0.4) is 0 Å². The van der Waals surface area contributed by atoms with Gasteiger partial charge in [0, 0.05) is 24.2 Å². The standard InChI is InChI=1S/C22H22N4O/c1-4-10-26-15(3)14(2)18-12-19(21(23)27)24-22(20(18)26)25-11-9-16-7-5-6-8-17(16)13-25/h1,5-8,12H,9-11,13H2,2-3H3,(H2,23,27). The zero-order valence-corrected chi connectivity index (χ0v) is 15.6. The summed E-state index contributed by atoms with van der Waals surface area (Å²) in [5.74, 6) is 3.00. The van der Waals surface area contributed by atoms with Gasteiger partial charge in [-0.05, 0) is 43.0 Å². The number of hydrogen-bond donors (Lipinski definition) is 1. The summed E-state index contributed by atoms with van der Waals surface area (Å²) in [6.07, 6.45) is 6.56. The molecule has 3 heterocycles. The lowest BCUT2D eigenvalue weighted by Crippen LogP contribution is -2.32. The number of terminal acetylenes is 1. The van der Waals surface area contributed by atoms with Crippen molar-refractivity contribution in [3.8, 4) is 12.3 Å². The molecule has 0 saturated heterocycles. The van der Waals surface area contributed by atoms with Gasteiger partial charge in [-0.15, -0.1) is 6.42 Å². The highest BCUT2D eigenvalue weighted by Crippen LogP contribution is 2.34. The number of amides is 1. The highest BCUT2D eigenvalue weighted by molar-refractivity contribution is 6.00. The van der Waals surface area contributed by atoms with E-state index in [4.69, 9.17) is 12.2 Å². The predicted molar refractivity (Wildman–Crippen MR) is 108 cm³/mol. The molecule has 5 nitrogen and oxygen atoms in total. The number of fused-ring (bicyclic) bond motifs is 2. The topological polar surface area (TPSA) is 64.1 Å². The van der Waals surface area contributed by atoms with Gasteiger partial charge in [0.25, 0.3) is 5.91 Å². The fourth-order valence-electron chi connectivity index (χ4n) is 3.95. The number of nitrogens with zero attached hydrogens (tertiary/aromatic N) is 3. The third kappa shape index (κ3) is 2.74. The Bertz CT molecular complexity index is 1100. The van der Waals surface area contributed by atoms with E-state index in [9.17, 15) is 4.79 Å². The maximum atomic E-state index is 11.9. The summed E-state index contributed by atoms with van der Waals surface area (Å²) in [6.45, 7) is 6.14. The van der Waals surface area contributed by atoms with Gasteiger partial charge in [-0.1, -0.05) is 30.2 Å². The number of carbonyl (C=O) groups excluding carboxylic acids is 1. The Morgan fingerprint density at radius 3 is 2.74 bits per heavy atom. The van der Waals surface area contributed by atoms with E-state index in [2.05, 4.69) is 44.6 Å². The van der Waals surface area contributed by atoms with Gasteiger partial charge in [-0.25, -0.2) is 4.98 Å². The number of rotatable bonds is 3. The molecule has 1 amide bonds. The fourth-order valence-corrected chi connectivity index (χ4v) is 3.95. The van der Waals surface area contributed by atoms with Crippen molar-refractivity contribution in [3.63, 3.8) is 0 Å². The molecule has 5 heteroatoms. The Hall–Kier alpha value is -3.26. The van der Waals surface area contributed by atoms with E-state index in [1.54, 1.807) is 6.07 Å². The lowest BCUT2D eigenvalue weighted by atomic mass is 10.00. The lowest BCUT2D eigenvalue weighted by molar-refractivity contribution is 0.0996. The predicted octanol–water partition coefficient (Wildman–Crippen LogP) is 2.95. The van der Waals surface area contributed by atoms with Gasteiger partial charge in [0.1, 0.15) is 5.69 Å². The van der Waals surface area contributed by atoms with Crippen molar-refractivity contribution >= 4 is 22.6 Å². The van der Waals surface area contributed by atoms with Crippen LogP contribution in [0.25, 0.3) is 10.9 Å². The number of hydrogen-bond acceptors (Lipinski definition) is 3. The Labute approximate surface area is 158 Å². The molecule has 3 aromatic rings.